The average molecular weight is 303 g/mol. The van der Waals surface area contributed by atoms with Gasteiger partial charge in [-0.2, -0.15) is 4.98 Å². The maximum atomic E-state index is 8.88. The lowest BCUT2D eigenvalue weighted by Crippen LogP contribution is -2.16. The van der Waals surface area contributed by atoms with Crippen molar-refractivity contribution in [2.75, 3.05) is 11.9 Å². The first kappa shape index (κ1) is 11.6. The zero-order chi connectivity index (χ0) is 11.5. The number of anilines is 1. The standard InChI is InChI=1S/C10H11BrN2O2S/c1-13(3-7-2-9(11)16-6-7)10-12-8(4-14)5-15-10/h2,5-6,14H,3-4H2,1H3. The Morgan fingerprint density at radius 3 is 3.00 bits per heavy atom. The molecule has 0 fully saturated rings. The Kier molecular flexibility index (Phi) is 3.63. The fraction of sp³-hybridized carbons (Fsp3) is 0.300. The van der Waals surface area contributed by atoms with Crippen LogP contribution < -0.4 is 4.90 Å². The molecule has 0 aliphatic carbocycles. The highest BCUT2D eigenvalue weighted by Crippen LogP contribution is 2.23. The number of halogens is 1. The van der Waals surface area contributed by atoms with Gasteiger partial charge in [0, 0.05) is 13.6 Å². The van der Waals surface area contributed by atoms with Crippen LogP contribution in [0.15, 0.2) is 25.9 Å². The minimum Gasteiger partial charge on any atom is -0.432 e. The number of hydrogen-bond acceptors (Lipinski definition) is 5. The second-order valence-corrected chi connectivity index (χ2v) is 5.69. The molecule has 0 saturated heterocycles. The van der Waals surface area contributed by atoms with E-state index in [-0.39, 0.29) is 6.61 Å². The van der Waals surface area contributed by atoms with E-state index in [1.807, 2.05) is 11.9 Å². The van der Waals surface area contributed by atoms with Crippen molar-refractivity contribution in [1.29, 1.82) is 0 Å². The van der Waals surface area contributed by atoms with Crippen molar-refractivity contribution < 1.29 is 9.52 Å². The molecular formula is C10H11BrN2O2S. The van der Waals surface area contributed by atoms with Gasteiger partial charge in [0.1, 0.15) is 12.0 Å². The van der Waals surface area contributed by atoms with Gasteiger partial charge in [-0.05, 0) is 32.9 Å². The second-order valence-electron chi connectivity index (χ2n) is 3.39. The summed E-state index contributed by atoms with van der Waals surface area (Å²) in [7, 11) is 1.90. The summed E-state index contributed by atoms with van der Waals surface area (Å²) >= 11 is 5.07. The maximum absolute atomic E-state index is 8.88. The molecular weight excluding hydrogens is 292 g/mol. The highest BCUT2D eigenvalue weighted by atomic mass is 79.9. The quantitative estimate of drug-likeness (QED) is 0.943. The maximum Gasteiger partial charge on any atom is 0.297 e. The van der Waals surface area contributed by atoms with Crippen LogP contribution in [-0.4, -0.2) is 17.1 Å². The van der Waals surface area contributed by atoms with Gasteiger partial charge >= 0.3 is 0 Å². The fourth-order valence-electron chi connectivity index (χ4n) is 1.31. The predicted octanol–water partition coefficient (Wildman–Crippen LogP) is 2.63. The molecule has 4 nitrogen and oxygen atoms in total. The molecule has 16 heavy (non-hydrogen) atoms. The third-order valence-electron chi connectivity index (χ3n) is 2.07. The Labute approximate surface area is 106 Å². The van der Waals surface area contributed by atoms with Crippen LogP contribution in [0.1, 0.15) is 11.3 Å². The summed E-state index contributed by atoms with van der Waals surface area (Å²) in [6.45, 7) is 0.634. The molecule has 2 rings (SSSR count). The van der Waals surface area contributed by atoms with Crippen molar-refractivity contribution in [3.05, 3.63) is 32.8 Å². The highest BCUT2D eigenvalue weighted by Gasteiger charge is 2.09. The molecule has 0 aliphatic rings. The van der Waals surface area contributed by atoms with Gasteiger partial charge in [0.05, 0.1) is 10.4 Å². The minimum absolute atomic E-state index is 0.0959. The summed E-state index contributed by atoms with van der Waals surface area (Å²) in [5.41, 5.74) is 1.75. The third-order valence-corrected chi connectivity index (χ3v) is 3.62. The molecule has 86 valence electrons. The monoisotopic (exact) mass is 302 g/mol. The van der Waals surface area contributed by atoms with Crippen LogP contribution in [0.25, 0.3) is 0 Å². The average Bonchev–Trinajstić information content (AvgIpc) is 2.87. The van der Waals surface area contributed by atoms with E-state index in [1.54, 1.807) is 11.3 Å². The van der Waals surface area contributed by atoms with Crippen molar-refractivity contribution in [2.45, 2.75) is 13.2 Å². The molecule has 0 aromatic carbocycles. The minimum atomic E-state index is -0.0959. The lowest BCUT2D eigenvalue weighted by atomic mass is 10.3. The van der Waals surface area contributed by atoms with Gasteiger partial charge in [0.2, 0.25) is 0 Å². The number of hydrogen-bond donors (Lipinski definition) is 1. The van der Waals surface area contributed by atoms with Crippen LogP contribution in [0.3, 0.4) is 0 Å². The van der Waals surface area contributed by atoms with E-state index in [1.165, 1.54) is 11.8 Å². The van der Waals surface area contributed by atoms with Gasteiger partial charge in [-0.1, -0.05) is 0 Å². The molecule has 0 unspecified atom stereocenters. The van der Waals surface area contributed by atoms with E-state index in [9.17, 15) is 0 Å². The van der Waals surface area contributed by atoms with E-state index < -0.39 is 0 Å². The molecule has 0 atom stereocenters. The Balaban J connectivity index is 2.05. The van der Waals surface area contributed by atoms with Crippen LogP contribution in [0.5, 0.6) is 0 Å². The zero-order valence-corrected chi connectivity index (χ0v) is 11.1. The van der Waals surface area contributed by atoms with Gasteiger partial charge < -0.3 is 14.4 Å². The lowest BCUT2D eigenvalue weighted by molar-refractivity contribution is 0.276. The Morgan fingerprint density at radius 1 is 1.62 bits per heavy atom. The SMILES string of the molecule is CN(Cc1csc(Br)c1)c1nc(CO)co1. The Morgan fingerprint density at radius 2 is 2.44 bits per heavy atom. The summed E-state index contributed by atoms with van der Waals surface area (Å²) in [5.74, 6) is 0. The van der Waals surface area contributed by atoms with E-state index in [0.29, 0.717) is 11.7 Å². The number of nitrogens with zero attached hydrogens (tertiary/aromatic N) is 2. The summed E-state index contributed by atoms with van der Waals surface area (Å²) < 4.78 is 6.35. The predicted molar refractivity (Wildman–Crippen MR) is 66.6 cm³/mol. The first-order chi connectivity index (χ1) is 7.69. The molecule has 2 heterocycles. The van der Waals surface area contributed by atoms with Crippen molar-refractivity contribution in [1.82, 2.24) is 4.98 Å². The van der Waals surface area contributed by atoms with Crippen LogP contribution in [0.2, 0.25) is 0 Å². The van der Waals surface area contributed by atoms with E-state index in [0.717, 1.165) is 10.3 Å². The van der Waals surface area contributed by atoms with Crippen LogP contribution in [0, 0.1) is 0 Å². The summed E-state index contributed by atoms with van der Waals surface area (Å²) in [6.07, 6.45) is 1.47. The van der Waals surface area contributed by atoms with Gasteiger partial charge in [0.15, 0.2) is 0 Å². The van der Waals surface area contributed by atoms with E-state index in [2.05, 4.69) is 32.4 Å². The first-order valence-electron chi connectivity index (χ1n) is 4.68. The molecule has 2 aromatic rings. The first-order valence-corrected chi connectivity index (χ1v) is 6.35. The normalized spacial score (nSPS) is 10.7. The molecule has 2 aromatic heterocycles. The molecule has 0 spiro atoms. The van der Waals surface area contributed by atoms with Gasteiger partial charge in [-0.3, -0.25) is 0 Å². The van der Waals surface area contributed by atoms with Crippen molar-refractivity contribution in [3.63, 3.8) is 0 Å². The number of thiophene rings is 1. The van der Waals surface area contributed by atoms with E-state index in [4.69, 9.17) is 9.52 Å². The number of rotatable bonds is 4. The summed E-state index contributed by atoms with van der Waals surface area (Å²) in [4.78, 5) is 6.03. The molecule has 0 aliphatic heterocycles. The number of aromatic nitrogens is 1. The zero-order valence-electron chi connectivity index (χ0n) is 8.68. The lowest BCUT2D eigenvalue weighted by Gasteiger charge is -2.12. The number of aliphatic hydroxyl groups is 1. The molecule has 0 amide bonds. The Bertz CT molecular complexity index is 469. The molecule has 0 saturated carbocycles. The van der Waals surface area contributed by atoms with Gasteiger partial charge in [-0.25, -0.2) is 0 Å². The number of oxazole rings is 1. The number of aliphatic hydroxyl groups excluding tert-OH is 1. The largest absolute Gasteiger partial charge is 0.432 e. The Hall–Kier alpha value is -0.850. The van der Waals surface area contributed by atoms with Crippen molar-refractivity contribution >= 4 is 33.3 Å². The summed E-state index contributed by atoms with van der Waals surface area (Å²) in [5, 5.41) is 11.0. The van der Waals surface area contributed by atoms with Crippen LogP contribution in [-0.2, 0) is 13.2 Å². The van der Waals surface area contributed by atoms with E-state index >= 15 is 0 Å². The van der Waals surface area contributed by atoms with Gasteiger partial charge in [-0.15, -0.1) is 11.3 Å². The van der Waals surface area contributed by atoms with Crippen LogP contribution >= 0.6 is 27.3 Å². The molecule has 6 heteroatoms. The van der Waals surface area contributed by atoms with Crippen LogP contribution in [0.4, 0.5) is 6.01 Å². The summed E-state index contributed by atoms with van der Waals surface area (Å²) in [6, 6.07) is 2.59. The fourth-order valence-corrected chi connectivity index (χ4v) is 2.51. The molecule has 0 radical (unpaired) electrons. The third kappa shape index (κ3) is 2.63. The van der Waals surface area contributed by atoms with Gasteiger partial charge in [0.25, 0.3) is 6.01 Å². The second kappa shape index (κ2) is 4.99. The molecule has 1 N–H and O–H groups in total. The smallest absolute Gasteiger partial charge is 0.297 e. The topological polar surface area (TPSA) is 49.5 Å². The molecule has 0 bridgehead atoms. The van der Waals surface area contributed by atoms with Crippen molar-refractivity contribution in [2.24, 2.45) is 0 Å². The van der Waals surface area contributed by atoms with Crippen molar-refractivity contribution in [3.8, 4) is 0 Å². The highest BCUT2D eigenvalue weighted by molar-refractivity contribution is 9.11.